The van der Waals surface area contributed by atoms with Gasteiger partial charge in [-0.2, -0.15) is 0 Å². The number of fused-ring (bicyclic) bond motifs is 1. The van der Waals surface area contributed by atoms with Crippen LogP contribution in [0.4, 0.5) is 8.78 Å². The van der Waals surface area contributed by atoms with Crippen molar-refractivity contribution in [1.29, 1.82) is 0 Å². The Balaban J connectivity index is 1.98. The molecule has 124 valence electrons. The molecule has 7 heteroatoms. The SMILES string of the molecule is C=CC(=O)N(CC)CC(=O)NC1COc2c(F)cc(F)cc2C1. The lowest BCUT2D eigenvalue weighted by Gasteiger charge is -2.27. The normalized spacial score (nSPS) is 16.0. The second-order valence-electron chi connectivity index (χ2n) is 5.21. The predicted molar refractivity (Wildman–Crippen MR) is 79.9 cm³/mol. The third kappa shape index (κ3) is 4.06. The van der Waals surface area contributed by atoms with Gasteiger partial charge in [-0.05, 0) is 25.5 Å². The molecule has 1 aromatic carbocycles. The number of likely N-dealkylation sites (N-methyl/N-ethyl adjacent to an activating group) is 1. The fourth-order valence-corrected chi connectivity index (χ4v) is 2.45. The van der Waals surface area contributed by atoms with Crippen molar-refractivity contribution in [3.05, 3.63) is 42.0 Å². The fourth-order valence-electron chi connectivity index (χ4n) is 2.45. The maximum atomic E-state index is 13.6. The number of carbonyl (C=O) groups excluding carboxylic acids is 2. The molecule has 0 saturated heterocycles. The van der Waals surface area contributed by atoms with E-state index >= 15 is 0 Å². The Hall–Kier alpha value is -2.44. The zero-order chi connectivity index (χ0) is 17.0. The van der Waals surface area contributed by atoms with Gasteiger partial charge in [0.25, 0.3) is 0 Å². The number of carbonyl (C=O) groups is 2. The lowest BCUT2D eigenvalue weighted by molar-refractivity contribution is -0.132. The Morgan fingerprint density at radius 3 is 2.87 bits per heavy atom. The summed E-state index contributed by atoms with van der Waals surface area (Å²) < 4.78 is 32.1. The van der Waals surface area contributed by atoms with Gasteiger partial charge >= 0.3 is 0 Å². The van der Waals surface area contributed by atoms with Gasteiger partial charge in [0.2, 0.25) is 11.8 Å². The summed E-state index contributed by atoms with van der Waals surface area (Å²) in [6.07, 6.45) is 1.40. The molecule has 1 heterocycles. The monoisotopic (exact) mass is 324 g/mol. The summed E-state index contributed by atoms with van der Waals surface area (Å²) in [6.45, 7) is 5.48. The Kier molecular flexibility index (Phi) is 5.31. The molecule has 1 atom stereocenters. The molecule has 0 fully saturated rings. The maximum Gasteiger partial charge on any atom is 0.246 e. The Morgan fingerprint density at radius 2 is 2.22 bits per heavy atom. The second-order valence-corrected chi connectivity index (χ2v) is 5.21. The van der Waals surface area contributed by atoms with Crippen molar-refractivity contribution in [3.63, 3.8) is 0 Å². The number of hydrogen-bond donors (Lipinski definition) is 1. The highest BCUT2D eigenvalue weighted by molar-refractivity contribution is 5.90. The van der Waals surface area contributed by atoms with Crippen LogP contribution in [-0.2, 0) is 16.0 Å². The first-order chi connectivity index (χ1) is 10.9. The summed E-state index contributed by atoms with van der Waals surface area (Å²) in [6, 6.07) is 1.54. The van der Waals surface area contributed by atoms with Crippen LogP contribution < -0.4 is 10.1 Å². The van der Waals surface area contributed by atoms with Crippen LogP contribution in [0.3, 0.4) is 0 Å². The molecule has 1 aromatic rings. The molecule has 1 unspecified atom stereocenters. The van der Waals surface area contributed by atoms with E-state index in [1.165, 1.54) is 11.0 Å². The average molecular weight is 324 g/mol. The number of rotatable bonds is 5. The maximum absolute atomic E-state index is 13.6. The molecule has 2 amide bonds. The second kappa shape index (κ2) is 7.21. The van der Waals surface area contributed by atoms with E-state index in [4.69, 9.17) is 4.74 Å². The van der Waals surface area contributed by atoms with E-state index in [9.17, 15) is 18.4 Å². The first-order valence-electron chi connectivity index (χ1n) is 7.26. The van der Waals surface area contributed by atoms with Crippen LogP contribution in [0.1, 0.15) is 12.5 Å². The van der Waals surface area contributed by atoms with Crippen molar-refractivity contribution in [2.45, 2.75) is 19.4 Å². The van der Waals surface area contributed by atoms with E-state index in [1.54, 1.807) is 6.92 Å². The van der Waals surface area contributed by atoms with Gasteiger partial charge in [-0.3, -0.25) is 9.59 Å². The van der Waals surface area contributed by atoms with Crippen molar-refractivity contribution in [2.24, 2.45) is 0 Å². The summed E-state index contributed by atoms with van der Waals surface area (Å²) in [5.41, 5.74) is 0.369. The van der Waals surface area contributed by atoms with Crippen molar-refractivity contribution in [2.75, 3.05) is 19.7 Å². The molecule has 23 heavy (non-hydrogen) atoms. The van der Waals surface area contributed by atoms with Crippen LogP contribution >= 0.6 is 0 Å². The van der Waals surface area contributed by atoms with Gasteiger partial charge in [-0.1, -0.05) is 6.58 Å². The number of ether oxygens (including phenoxy) is 1. The molecular weight excluding hydrogens is 306 g/mol. The molecular formula is C16H18F2N2O3. The molecule has 1 aliphatic heterocycles. The third-order valence-electron chi connectivity index (χ3n) is 3.55. The lowest BCUT2D eigenvalue weighted by Crippen LogP contribution is -2.47. The van der Waals surface area contributed by atoms with Gasteiger partial charge in [0.1, 0.15) is 12.4 Å². The minimum atomic E-state index is -0.751. The Bertz CT molecular complexity index is 634. The number of hydrogen-bond acceptors (Lipinski definition) is 3. The van der Waals surface area contributed by atoms with E-state index in [-0.39, 0.29) is 37.1 Å². The molecule has 1 aliphatic rings. The van der Waals surface area contributed by atoms with E-state index < -0.39 is 17.7 Å². The van der Waals surface area contributed by atoms with Crippen LogP contribution in [-0.4, -0.2) is 42.5 Å². The van der Waals surface area contributed by atoms with Crippen LogP contribution in [0.25, 0.3) is 0 Å². The number of nitrogens with zero attached hydrogens (tertiary/aromatic N) is 1. The molecule has 0 aliphatic carbocycles. The van der Waals surface area contributed by atoms with Crippen LogP contribution in [0.5, 0.6) is 5.75 Å². The highest BCUT2D eigenvalue weighted by Gasteiger charge is 2.25. The number of nitrogens with one attached hydrogen (secondary N) is 1. The first-order valence-corrected chi connectivity index (χ1v) is 7.26. The van der Waals surface area contributed by atoms with E-state index in [1.807, 2.05) is 0 Å². The van der Waals surface area contributed by atoms with Crippen LogP contribution in [0.2, 0.25) is 0 Å². The molecule has 5 nitrogen and oxygen atoms in total. The highest BCUT2D eigenvalue weighted by atomic mass is 19.1. The summed E-state index contributed by atoms with van der Waals surface area (Å²) in [5, 5.41) is 2.71. The fraction of sp³-hybridized carbons (Fsp3) is 0.375. The third-order valence-corrected chi connectivity index (χ3v) is 3.55. The molecule has 0 aromatic heterocycles. The van der Waals surface area contributed by atoms with Gasteiger partial charge in [-0.25, -0.2) is 8.78 Å². The topological polar surface area (TPSA) is 58.6 Å². The van der Waals surface area contributed by atoms with E-state index in [0.717, 1.165) is 12.1 Å². The van der Waals surface area contributed by atoms with Crippen molar-refractivity contribution >= 4 is 11.8 Å². The quantitative estimate of drug-likeness (QED) is 0.834. The first kappa shape index (κ1) is 16.9. The zero-order valence-corrected chi connectivity index (χ0v) is 12.8. The largest absolute Gasteiger partial charge is 0.488 e. The smallest absolute Gasteiger partial charge is 0.246 e. The minimum Gasteiger partial charge on any atom is -0.488 e. The Labute approximate surface area is 132 Å². The Morgan fingerprint density at radius 1 is 1.48 bits per heavy atom. The average Bonchev–Trinajstić information content (AvgIpc) is 2.51. The molecule has 2 rings (SSSR count). The molecule has 0 spiro atoms. The molecule has 0 saturated carbocycles. The molecule has 0 radical (unpaired) electrons. The van der Waals surface area contributed by atoms with Gasteiger partial charge in [0.15, 0.2) is 11.6 Å². The summed E-state index contributed by atoms with van der Waals surface area (Å²) in [5.74, 6) is -2.12. The van der Waals surface area contributed by atoms with E-state index in [0.29, 0.717) is 12.1 Å². The van der Waals surface area contributed by atoms with Crippen molar-refractivity contribution in [3.8, 4) is 5.75 Å². The minimum absolute atomic E-state index is 0.0221. The summed E-state index contributed by atoms with van der Waals surface area (Å²) in [7, 11) is 0. The number of halogens is 2. The van der Waals surface area contributed by atoms with E-state index in [2.05, 4.69) is 11.9 Å². The van der Waals surface area contributed by atoms with Crippen molar-refractivity contribution < 1.29 is 23.1 Å². The zero-order valence-electron chi connectivity index (χ0n) is 12.8. The van der Waals surface area contributed by atoms with Crippen LogP contribution in [0, 0.1) is 11.6 Å². The van der Waals surface area contributed by atoms with Crippen molar-refractivity contribution in [1.82, 2.24) is 10.2 Å². The van der Waals surface area contributed by atoms with Gasteiger partial charge in [0, 0.05) is 18.2 Å². The lowest BCUT2D eigenvalue weighted by atomic mass is 10.0. The highest BCUT2D eigenvalue weighted by Crippen LogP contribution is 2.28. The standard InChI is InChI=1S/C16H18F2N2O3/c1-3-15(22)20(4-2)8-14(21)19-12-6-10-5-11(17)7-13(18)16(10)23-9-12/h3,5,7,12H,1,4,6,8-9H2,2H3,(H,19,21). The predicted octanol–water partition coefficient (Wildman–Crippen LogP) is 1.42. The number of amides is 2. The van der Waals surface area contributed by atoms with Gasteiger partial charge in [-0.15, -0.1) is 0 Å². The molecule has 0 bridgehead atoms. The summed E-state index contributed by atoms with van der Waals surface area (Å²) >= 11 is 0. The molecule has 1 N–H and O–H groups in total. The van der Waals surface area contributed by atoms with Crippen LogP contribution in [0.15, 0.2) is 24.8 Å². The number of benzene rings is 1. The summed E-state index contributed by atoms with van der Waals surface area (Å²) in [4.78, 5) is 24.9. The van der Waals surface area contributed by atoms with Gasteiger partial charge in [0.05, 0.1) is 12.6 Å². The van der Waals surface area contributed by atoms with Gasteiger partial charge < -0.3 is 15.0 Å².